The van der Waals surface area contributed by atoms with Crippen LogP contribution in [0.15, 0.2) is 28.2 Å². The lowest BCUT2D eigenvalue weighted by atomic mass is 9.97. The predicted octanol–water partition coefficient (Wildman–Crippen LogP) is 2.41. The van der Waals surface area contributed by atoms with Gasteiger partial charge in [-0.3, -0.25) is 4.79 Å². The molecule has 11 heteroatoms. The molecule has 0 spiro atoms. The first-order chi connectivity index (χ1) is 16.8. The maximum absolute atomic E-state index is 13.4. The van der Waals surface area contributed by atoms with E-state index in [0.29, 0.717) is 49.3 Å². The topological polar surface area (TPSA) is 113 Å². The van der Waals surface area contributed by atoms with Crippen molar-refractivity contribution in [3.05, 3.63) is 34.5 Å². The summed E-state index contributed by atoms with van der Waals surface area (Å²) in [6.07, 6.45) is 5.29. The molecule has 0 aromatic carbocycles. The molecular weight excluding hydrogens is 468 g/mol. The Bertz CT molecular complexity index is 1410. The lowest BCUT2D eigenvalue weighted by Gasteiger charge is -2.33. The lowest BCUT2D eigenvalue weighted by molar-refractivity contribution is 0.196. The lowest BCUT2D eigenvalue weighted by Crippen LogP contribution is -2.48. The van der Waals surface area contributed by atoms with Gasteiger partial charge in [-0.25, -0.2) is 18.4 Å². The molecule has 1 unspecified atom stereocenters. The fourth-order valence-corrected chi connectivity index (χ4v) is 6.52. The van der Waals surface area contributed by atoms with E-state index in [4.69, 9.17) is 9.72 Å². The molecule has 1 saturated heterocycles. The van der Waals surface area contributed by atoms with Crippen molar-refractivity contribution in [2.24, 2.45) is 0 Å². The van der Waals surface area contributed by atoms with Crippen LogP contribution in [0.5, 0.6) is 5.88 Å². The minimum atomic E-state index is -3.76. The monoisotopic (exact) mass is 500 g/mol. The molecule has 1 fully saturated rings. The standard InChI is InChI=1S/C24H32N6O4S/c1-4-28-9-11-30(12-10-28)35(32,33)17-13-18(24(25-14-17)34-5-2)22-26-20-19(23(31)27-22)15-29-8-6-7-16(3)21(20)29/h13-16H,4-12H2,1-3H3,(H,26,27,31). The Kier molecular flexibility index (Phi) is 6.41. The molecule has 1 N–H and O–H groups in total. The molecule has 2 aliphatic heterocycles. The number of hydrogen-bond acceptors (Lipinski definition) is 7. The summed E-state index contributed by atoms with van der Waals surface area (Å²) < 4.78 is 36.2. The van der Waals surface area contributed by atoms with Gasteiger partial charge in [-0.2, -0.15) is 4.31 Å². The number of likely N-dealkylation sites (N-methyl/N-ethyl adjacent to an activating group) is 1. The summed E-state index contributed by atoms with van der Waals surface area (Å²) in [6.45, 7) is 10.4. The summed E-state index contributed by atoms with van der Waals surface area (Å²) in [7, 11) is -3.76. The minimum absolute atomic E-state index is 0.0657. The Morgan fingerprint density at radius 1 is 1.17 bits per heavy atom. The van der Waals surface area contributed by atoms with Crippen LogP contribution in [0.1, 0.15) is 45.2 Å². The Morgan fingerprint density at radius 3 is 2.66 bits per heavy atom. The highest BCUT2D eigenvalue weighted by atomic mass is 32.2. The molecular formula is C24H32N6O4S. The van der Waals surface area contributed by atoms with Crippen molar-refractivity contribution in [1.82, 2.24) is 28.7 Å². The normalized spacial score (nSPS) is 19.7. The Labute approximate surface area is 205 Å². The van der Waals surface area contributed by atoms with Gasteiger partial charge >= 0.3 is 0 Å². The van der Waals surface area contributed by atoms with E-state index in [1.54, 1.807) is 0 Å². The SMILES string of the molecule is CCOc1ncc(S(=O)(=O)N2CCN(CC)CC2)cc1-c1nc2c3n(cc2c(=O)[nH]1)CCCC3C. The van der Waals surface area contributed by atoms with Gasteiger partial charge in [0.05, 0.1) is 29.3 Å². The van der Waals surface area contributed by atoms with Crippen LogP contribution in [-0.2, 0) is 16.6 Å². The van der Waals surface area contributed by atoms with E-state index < -0.39 is 10.0 Å². The van der Waals surface area contributed by atoms with Gasteiger partial charge in [-0.15, -0.1) is 0 Å². The maximum atomic E-state index is 13.4. The number of hydrogen-bond donors (Lipinski definition) is 1. The number of piperazine rings is 1. The van der Waals surface area contributed by atoms with Crippen LogP contribution in [0, 0.1) is 0 Å². The van der Waals surface area contributed by atoms with Gasteiger partial charge in [0.2, 0.25) is 15.9 Å². The quantitative estimate of drug-likeness (QED) is 0.553. The predicted molar refractivity (Wildman–Crippen MR) is 133 cm³/mol. The van der Waals surface area contributed by atoms with Crippen molar-refractivity contribution in [2.45, 2.75) is 51.0 Å². The fourth-order valence-electron chi connectivity index (χ4n) is 5.12. The first-order valence-electron chi connectivity index (χ1n) is 12.3. The van der Waals surface area contributed by atoms with Crippen molar-refractivity contribution < 1.29 is 13.2 Å². The van der Waals surface area contributed by atoms with Crippen molar-refractivity contribution in [1.29, 1.82) is 0 Å². The molecule has 0 radical (unpaired) electrons. The van der Waals surface area contributed by atoms with Gasteiger partial charge < -0.3 is 19.2 Å². The summed E-state index contributed by atoms with van der Waals surface area (Å²) >= 11 is 0. The largest absolute Gasteiger partial charge is 0.477 e. The molecule has 5 rings (SSSR count). The molecule has 2 aliphatic rings. The number of aryl methyl sites for hydroxylation is 1. The molecule has 35 heavy (non-hydrogen) atoms. The second kappa shape index (κ2) is 9.36. The zero-order chi connectivity index (χ0) is 24.7. The van der Waals surface area contributed by atoms with E-state index in [1.165, 1.54) is 16.6 Å². The van der Waals surface area contributed by atoms with Crippen LogP contribution in [0.25, 0.3) is 22.3 Å². The number of fused-ring (bicyclic) bond motifs is 3. The fraction of sp³-hybridized carbons (Fsp3) is 0.542. The average Bonchev–Trinajstić information content (AvgIpc) is 3.25. The van der Waals surface area contributed by atoms with Crippen molar-refractivity contribution in [2.75, 3.05) is 39.3 Å². The third-order valence-electron chi connectivity index (χ3n) is 7.07. The van der Waals surface area contributed by atoms with Gasteiger partial charge in [0.25, 0.3) is 5.56 Å². The minimum Gasteiger partial charge on any atom is -0.477 e. The zero-order valence-electron chi connectivity index (χ0n) is 20.5. The molecule has 0 saturated carbocycles. The number of nitrogens with zero attached hydrogens (tertiary/aromatic N) is 5. The van der Waals surface area contributed by atoms with Crippen molar-refractivity contribution >= 4 is 20.9 Å². The molecule has 1 atom stereocenters. The van der Waals surface area contributed by atoms with E-state index in [9.17, 15) is 13.2 Å². The van der Waals surface area contributed by atoms with Crippen LogP contribution in [-0.4, -0.2) is 76.5 Å². The first kappa shape index (κ1) is 24.0. The molecule has 5 heterocycles. The summed E-state index contributed by atoms with van der Waals surface area (Å²) in [5.41, 5.74) is 1.80. The summed E-state index contributed by atoms with van der Waals surface area (Å²) in [5, 5.41) is 0.543. The molecule has 0 aliphatic carbocycles. The highest BCUT2D eigenvalue weighted by molar-refractivity contribution is 7.89. The van der Waals surface area contributed by atoms with Gasteiger partial charge in [-0.05, 0) is 38.3 Å². The molecule has 0 amide bonds. The van der Waals surface area contributed by atoms with Gasteiger partial charge in [0, 0.05) is 44.6 Å². The second-order valence-electron chi connectivity index (χ2n) is 9.22. The zero-order valence-corrected chi connectivity index (χ0v) is 21.3. The van der Waals surface area contributed by atoms with E-state index >= 15 is 0 Å². The number of ether oxygens (including phenoxy) is 1. The Hall–Kier alpha value is -2.76. The summed E-state index contributed by atoms with van der Waals surface area (Å²) in [4.78, 5) is 27.3. The van der Waals surface area contributed by atoms with Crippen LogP contribution in [0.4, 0.5) is 0 Å². The number of nitrogens with one attached hydrogen (secondary N) is 1. The van der Waals surface area contributed by atoms with Gasteiger partial charge in [0.15, 0.2) is 0 Å². The third kappa shape index (κ3) is 4.25. The van der Waals surface area contributed by atoms with Crippen molar-refractivity contribution in [3.63, 3.8) is 0 Å². The molecule has 0 bridgehead atoms. The molecule has 10 nitrogen and oxygen atoms in total. The first-order valence-corrected chi connectivity index (χ1v) is 13.8. The van der Waals surface area contributed by atoms with Crippen LogP contribution in [0.2, 0.25) is 0 Å². The second-order valence-corrected chi connectivity index (χ2v) is 11.2. The summed E-state index contributed by atoms with van der Waals surface area (Å²) in [5.74, 6) is 0.783. The van der Waals surface area contributed by atoms with Crippen LogP contribution < -0.4 is 10.3 Å². The Balaban J connectivity index is 1.61. The van der Waals surface area contributed by atoms with Crippen LogP contribution >= 0.6 is 0 Å². The highest BCUT2D eigenvalue weighted by Crippen LogP contribution is 2.34. The van der Waals surface area contributed by atoms with Crippen LogP contribution in [0.3, 0.4) is 0 Å². The van der Waals surface area contributed by atoms with Gasteiger partial charge in [-0.1, -0.05) is 13.8 Å². The molecule has 188 valence electrons. The number of aromatic nitrogens is 4. The van der Waals surface area contributed by atoms with E-state index in [1.807, 2.05) is 13.1 Å². The number of rotatable bonds is 6. The Morgan fingerprint density at radius 2 is 1.94 bits per heavy atom. The van der Waals surface area contributed by atoms with E-state index in [0.717, 1.165) is 31.6 Å². The number of sulfonamides is 1. The number of aromatic amines is 1. The number of H-pyrrole nitrogens is 1. The van der Waals surface area contributed by atoms with E-state index in [2.05, 4.69) is 33.3 Å². The number of pyridine rings is 1. The molecule has 3 aromatic rings. The van der Waals surface area contributed by atoms with E-state index in [-0.39, 0.29) is 28.1 Å². The molecule has 3 aromatic heterocycles. The van der Waals surface area contributed by atoms with Crippen molar-refractivity contribution in [3.8, 4) is 17.3 Å². The third-order valence-corrected chi connectivity index (χ3v) is 8.94. The van der Waals surface area contributed by atoms with Gasteiger partial charge in [0.1, 0.15) is 10.7 Å². The maximum Gasteiger partial charge on any atom is 0.260 e. The average molecular weight is 501 g/mol. The smallest absolute Gasteiger partial charge is 0.260 e. The summed E-state index contributed by atoms with van der Waals surface area (Å²) in [6, 6.07) is 1.52. The highest BCUT2D eigenvalue weighted by Gasteiger charge is 2.30.